The predicted octanol–water partition coefficient (Wildman–Crippen LogP) is 5.41. The predicted molar refractivity (Wildman–Crippen MR) is 142 cm³/mol. The average molecular weight is 547 g/mol. The number of anilines is 2. The Labute approximate surface area is 210 Å². The van der Waals surface area contributed by atoms with E-state index >= 15 is 0 Å². The molecule has 3 N–H and O–H groups in total. The molecule has 1 aliphatic carbocycles. The van der Waals surface area contributed by atoms with Crippen molar-refractivity contribution in [2.45, 2.75) is 50.5 Å². The summed E-state index contributed by atoms with van der Waals surface area (Å²) >= 11 is 3.33. The fourth-order valence-corrected chi connectivity index (χ4v) is 6.50. The highest BCUT2D eigenvalue weighted by Crippen LogP contribution is 2.30. The van der Waals surface area contributed by atoms with Crippen molar-refractivity contribution in [2.75, 3.05) is 23.7 Å². The molecule has 9 heteroatoms. The molecule has 1 fully saturated rings. The van der Waals surface area contributed by atoms with Crippen molar-refractivity contribution in [3.63, 3.8) is 0 Å². The molecule has 34 heavy (non-hydrogen) atoms. The Kier molecular flexibility index (Phi) is 8.06. The second-order valence-electron chi connectivity index (χ2n) is 9.26. The maximum atomic E-state index is 12.6. The zero-order valence-corrected chi connectivity index (χ0v) is 22.0. The van der Waals surface area contributed by atoms with E-state index in [1.165, 1.54) is 0 Å². The Balaban J connectivity index is 1.29. The quantitative estimate of drug-likeness (QED) is 0.332. The maximum Gasteiger partial charge on any atom is 0.241 e. The van der Waals surface area contributed by atoms with E-state index in [4.69, 9.17) is 9.97 Å². The smallest absolute Gasteiger partial charge is 0.241 e. The van der Waals surface area contributed by atoms with Gasteiger partial charge < -0.3 is 10.6 Å². The summed E-state index contributed by atoms with van der Waals surface area (Å²) in [6.45, 7) is 5.49. The largest absolute Gasteiger partial charge is 0.367 e. The first-order valence-electron chi connectivity index (χ1n) is 11.8. The second-order valence-corrected chi connectivity index (χ2v) is 11.9. The lowest BCUT2D eigenvalue weighted by molar-refractivity contribution is 0.284. The molecule has 1 heterocycles. The molecule has 7 nitrogen and oxygen atoms in total. The maximum absolute atomic E-state index is 12.6. The molecule has 1 saturated carbocycles. The Bertz CT molecular complexity index is 1230. The number of hydrogen-bond donors (Lipinski definition) is 3. The lowest BCUT2D eigenvalue weighted by Gasteiger charge is -2.28. The molecule has 0 bridgehead atoms. The second kappa shape index (κ2) is 11.0. The first-order chi connectivity index (χ1) is 16.3. The Morgan fingerprint density at radius 1 is 0.941 bits per heavy atom. The molecule has 2 aromatic carbocycles. The fraction of sp³-hybridized carbons (Fsp3) is 0.440. The number of benzene rings is 2. The van der Waals surface area contributed by atoms with Crippen molar-refractivity contribution in [2.24, 2.45) is 11.8 Å². The van der Waals surface area contributed by atoms with Crippen LogP contribution in [0.1, 0.15) is 39.5 Å². The number of fused-ring (bicyclic) bond motifs is 1. The van der Waals surface area contributed by atoms with Gasteiger partial charge in [0.1, 0.15) is 5.82 Å². The van der Waals surface area contributed by atoms with Crippen LogP contribution in [0.4, 0.5) is 11.8 Å². The molecule has 182 valence electrons. The molecule has 0 amide bonds. The van der Waals surface area contributed by atoms with Gasteiger partial charge in [-0.15, -0.1) is 0 Å². The highest BCUT2D eigenvalue weighted by atomic mass is 79.9. The van der Waals surface area contributed by atoms with Gasteiger partial charge in [0.05, 0.1) is 10.4 Å². The molecule has 0 aliphatic heterocycles. The van der Waals surface area contributed by atoms with Crippen LogP contribution in [-0.4, -0.2) is 37.5 Å². The topological polar surface area (TPSA) is 96.0 Å². The number of hydrogen-bond acceptors (Lipinski definition) is 6. The van der Waals surface area contributed by atoms with Gasteiger partial charge in [0.2, 0.25) is 16.0 Å². The van der Waals surface area contributed by atoms with Crippen LogP contribution in [0.2, 0.25) is 0 Å². The van der Waals surface area contributed by atoms with Crippen molar-refractivity contribution in [3.8, 4) is 0 Å². The molecule has 0 spiro atoms. The summed E-state index contributed by atoms with van der Waals surface area (Å²) in [7, 11) is -3.51. The van der Waals surface area contributed by atoms with E-state index in [1.54, 1.807) is 18.2 Å². The molecule has 1 aliphatic rings. The van der Waals surface area contributed by atoms with Crippen LogP contribution in [0, 0.1) is 11.8 Å². The summed E-state index contributed by atoms with van der Waals surface area (Å²) in [5.74, 6) is 2.37. The highest BCUT2D eigenvalue weighted by Gasteiger charge is 2.24. The summed E-state index contributed by atoms with van der Waals surface area (Å²) in [5.41, 5.74) is 0.921. The van der Waals surface area contributed by atoms with Crippen LogP contribution in [0.25, 0.3) is 10.9 Å². The van der Waals surface area contributed by atoms with Crippen molar-refractivity contribution >= 4 is 48.6 Å². The van der Waals surface area contributed by atoms with E-state index in [2.05, 4.69) is 45.1 Å². The molecule has 1 aromatic heterocycles. The van der Waals surface area contributed by atoms with Crippen molar-refractivity contribution < 1.29 is 8.42 Å². The van der Waals surface area contributed by atoms with Gasteiger partial charge in [-0.05, 0) is 91.6 Å². The van der Waals surface area contributed by atoms with E-state index < -0.39 is 10.0 Å². The molecule has 3 aromatic rings. The minimum absolute atomic E-state index is 0.280. The monoisotopic (exact) mass is 545 g/mol. The number of rotatable bonds is 9. The van der Waals surface area contributed by atoms with Crippen molar-refractivity contribution in [3.05, 3.63) is 53.0 Å². The Morgan fingerprint density at radius 2 is 1.59 bits per heavy atom. The molecular formula is C25H32BrN5O2S. The van der Waals surface area contributed by atoms with Gasteiger partial charge in [0, 0.05) is 29.0 Å². The normalized spacial score (nSPS) is 18.8. The zero-order chi connectivity index (χ0) is 24.1. The zero-order valence-electron chi connectivity index (χ0n) is 19.6. The number of aromatic nitrogens is 2. The van der Waals surface area contributed by atoms with Gasteiger partial charge in [0.15, 0.2) is 0 Å². The van der Waals surface area contributed by atoms with Crippen LogP contribution in [0.5, 0.6) is 0 Å². The first-order valence-corrected chi connectivity index (χ1v) is 14.1. The summed E-state index contributed by atoms with van der Waals surface area (Å²) < 4.78 is 28.7. The van der Waals surface area contributed by atoms with E-state index in [1.807, 2.05) is 30.3 Å². The fourth-order valence-electron chi connectivity index (χ4n) is 4.38. The van der Waals surface area contributed by atoms with E-state index in [-0.39, 0.29) is 10.9 Å². The summed E-state index contributed by atoms with van der Waals surface area (Å²) in [4.78, 5) is 9.70. The van der Waals surface area contributed by atoms with Gasteiger partial charge in [-0.3, -0.25) is 0 Å². The summed E-state index contributed by atoms with van der Waals surface area (Å²) in [5, 5.41) is 7.88. The van der Waals surface area contributed by atoms with Gasteiger partial charge in [-0.2, -0.15) is 4.98 Å². The van der Waals surface area contributed by atoms with Gasteiger partial charge >= 0.3 is 0 Å². The number of sulfonamides is 1. The van der Waals surface area contributed by atoms with Crippen LogP contribution >= 0.6 is 15.9 Å². The van der Waals surface area contributed by atoms with Gasteiger partial charge in [-0.1, -0.05) is 24.3 Å². The SMILES string of the molecule is CC(C)Nc1nc(NC[C@H]2CC[C@H](CNS(=O)(=O)c3ccccc3Br)CC2)nc2ccccc12. The number of nitrogens with one attached hydrogen (secondary N) is 3. The number of halogens is 1. The lowest BCUT2D eigenvalue weighted by atomic mass is 9.82. The van der Waals surface area contributed by atoms with Crippen LogP contribution in [-0.2, 0) is 10.0 Å². The molecule has 4 rings (SSSR count). The summed E-state index contributed by atoms with van der Waals surface area (Å²) in [6.07, 6.45) is 4.12. The first kappa shape index (κ1) is 24.9. The van der Waals surface area contributed by atoms with Gasteiger partial charge in [-0.25, -0.2) is 18.1 Å². The van der Waals surface area contributed by atoms with E-state index in [0.717, 1.165) is 48.9 Å². The minimum atomic E-state index is -3.51. The molecule has 0 atom stereocenters. The third-order valence-electron chi connectivity index (χ3n) is 6.23. The number of para-hydroxylation sites is 1. The minimum Gasteiger partial charge on any atom is -0.367 e. The van der Waals surface area contributed by atoms with E-state index in [9.17, 15) is 8.42 Å². The van der Waals surface area contributed by atoms with Crippen LogP contribution in [0.3, 0.4) is 0 Å². The van der Waals surface area contributed by atoms with Crippen LogP contribution < -0.4 is 15.4 Å². The molecule has 0 saturated heterocycles. The molecular weight excluding hydrogens is 514 g/mol. The third-order valence-corrected chi connectivity index (χ3v) is 8.67. The lowest BCUT2D eigenvalue weighted by Crippen LogP contribution is -2.32. The van der Waals surface area contributed by atoms with Crippen molar-refractivity contribution in [1.82, 2.24) is 14.7 Å². The number of nitrogens with zero attached hydrogens (tertiary/aromatic N) is 2. The Hall–Kier alpha value is -2.23. The third kappa shape index (κ3) is 6.25. The van der Waals surface area contributed by atoms with Crippen molar-refractivity contribution in [1.29, 1.82) is 0 Å². The van der Waals surface area contributed by atoms with E-state index in [0.29, 0.717) is 28.8 Å². The molecule has 0 radical (unpaired) electrons. The van der Waals surface area contributed by atoms with Crippen LogP contribution in [0.15, 0.2) is 57.9 Å². The Morgan fingerprint density at radius 3 is 2.29 bits per heavy atom. The van der Waals surface area contributed by atoms with Gasteiger partial charge in [0.25, 0.3) is 0 Å². The standard InChI is InChI=1S/C25H32BrN5O2S/c1-17(2)29-24-20-7-3-5-9-22(20)30-25(31-24)27-15-18-11-13-19(14-12-18)16-28-34(32,33)23-10-6-4-8-21(23)26/h3-10,17-19,28H,11-16H2,1-2H3,(H2,27,29,30,31)/t18-,19-. The average Bonchev–Trinajstić information content (AvgIpc) is 2.82. The summed E-state index contributed by atoms with van der Waals surface area (Å²) in [6, 6.07) is 15.2. The molecule has 0 unspecified atom stereocenters. The highest BCUT2D eigenvalue weighted by molar-refractivity contribution is 9.10.